The molecule has 2 aliphatic rings. The first-order valence-electron chi connectivity index (χ1n) is 8.00. The van der Waals surface area contributed by atoms with Gasteiger partial charge in [-0.15, -0.1) is 0 Å². The van der Waals surface area contributed by atoms with Gasteiger partial charge in [-0.3, -0.25) is 0 Å². The fourth-order valence-corrected chi connectivity index (χ4v) is 4.12. The summed E-state index contributed by atoms with van der Waals surface area (Å²) in [7, 11) is 0. The van der Waals surface area contributed by atoms with E-state index in [1.807, 2.05) is 0 Å². The van der Waals surface area contributed by atoms with Crippen molar-refractivity contribution in [1.82, 2.24) is 4.90 Å². The van der Waals surface area contributed by atoms with Crippen LogP contribution in [0.3, 0.4) is 0 Å². The molecule has 0 spiro atoms. The number of nitrogens with zero attached hydrogens (tertiary/aromatic N) is 1. The van der Waals surface area contributed by atoms with Crippen molar-refractivity contribution in [2.45, 2.75) is 59.0 Å². The van der Waals surface area contributed by atoms with Gasteiger partial charge in [0, 0.05) is 19.0 Å². The van der Waals surface area contributed by atoms with E-state index in [4.69, 9.17) is 0 Å². The molecule has 1 N–H and O–H groups in total. The molecule has 0 aromatic heterocycles. The Morgan fingerprint density at radius 1 is 1.22 bits per heavy atom. The van der Waals surface area contributed by atoms with Crippen LogP contribution >= 0.6 is 0 Å². The van der Waals surface area contributed by atoms with Crippen molar-refractivity contribution < 1.29 is 5.11 Å². The van der Waals surface area contributed by atoms with Gasteiger partial charge in [0.1, 0.15) is 0 Å². The van der Waals surface area contributed by atoms with E-state index in [-0.39, 0.29) is 6.10 Å². The van der Waals surface area contributed by atoms with Gasteiger partial charge in [0.2, 0.25) is 0 Å². The van der Waals surface area contributed by atoms with Crippen LogP contribution in [-0.4, -0.2) is 35.7 Å². The number of hydrogen-bond acceptors (Lipinski definition) is 2. The molecule has 5 unspecified atom stereocenters. The summed E-state index contributed by atoms with van der Waals surface area (Å²) in [5.41, 5.74) is 0. The minimum atomic E-state index is -0.0641. The molecule has 1 aliphatic heterocycles. The molecule has 1 saturated heterocycles. The summed E-state index contributed by atoms with van der Waals surface area (Å²) in [6.07, 6.45) is 6.33. The highest BCUT2D eigenvalue weighted by atomic mass is 16.3. The van der Waals surface area contributed by atoms with Crippen LogP contribution in [0.4, 0.5) is 0 Å². The summed E-state index contributed by atoms with van der Waals surface area (Å²) in [6.45, 7) is 10.6. The fraction of sp³-hybridized carbons (Fsp3) is 1.00. The summed E-state index contributed by atoms with van der Waals surface area (Å²) in [4.78, 5) is 2.62. The summed E-state index contributed by atoms with van der Waals surface area (Å²) < 4.78 is 0. The zero-order valence-electron chi connectivity index (χ0n) is 12.4. The van der Waals surface area contributed by atoms with Gasteiger partial charge in [-0.1, -0.05) is 27.2 Å². The number of rotatable bonds is 3. The average molecular weight is 253 g/mol. The van der Waals surface area contributed by atoms with E-state index in [0.717, 1.165) is 18.9 Å². The van der Waals surface area contributed by atoms with E-state index in [1.165, 1.54) is 38.8 Å². The van der Waals surface area contributed by atoms with Gasteiger partial charge in [0.25, 0.3) is 0 Å². The van der Waals surface area contributed by atoms with Gasteiger partial charge in [-0.2, -0.15) is 0 Å². The predicted molar refractivity (Wildman–Crippen MR) is 76.5 cm³/mol. The molecule has 0 bridgehead atoms. The van der Waals surface area contributed by atoms with Crippen LogP contribution in [0, 0.1) is 23.7 Å². The van der Waals surface area contributed by atoms with Gasteiger partial charge in [0.05, 0.1) is 6.10 Å². The highest BCUT2D eigenvalue weighted by Gasteiger charge is 2.34. The smallest absolute Gasteiger partial charge is 0.0585 e. The molecule has 1 heterocycles. The summed E-state index contributed by atoms with van der Waals surface area (Å²) in [6, 6.07) is 0. The van der Waals surface area contributed by atoms with Crippen LogP contribution in [-0.2, 0) is 0 Å². The average Bonchev–Trinajstić information content (AvgIpc) is 2.34. The van der Waals surface area contributed by atoms with Crippen molar-refractivity contribution in [1.29, 1.82) is 0 Å². The molecule has 106 valence electrons. The summed E-state index contributed by atoms with van der Waals surface area (Å²) in [5.74, 6) is 2.80. The highest BCUT2D eigenvalue weighted by molar-refractivity contribution is 4.86. The zero-order valence-corrected chi connectivity index (χ0v) is 12.4. The molecule has 2 rings (SSSR count). The zero-order chi connectivity index (χ0) is 13.1. The molecule has 0 aromatic rings. The van der Waals surface area contributed by atoms with E-state index < -0.39 is 0 Å². The van der Waals surface area contributed by atoms with Crippen LogP contribution < -0.4 is 0 Å². The number of piperidine rings is 1. The van der Waals surface area contributed by atoms with Crippen molar-refractivity contribution in [3.63, 3.8) is 0 Å². The Bertz CT molecular complexity index is 243. The molecule has 0 amide bonds. The second-order valence-corrected chi connectivity index (χ2v) is 6.96. The lowest BCUT2D eigenvalue weighted by atomic mass is 9.73. The van der Waals surface area contributed by atoms with Crippen molar-refractivity contribution in [3.05, 3.63) is 0 Å². The minimum absolute atomic E-state index is 0.0641. The van der Waals surface area contributed by atoms with Crippen LogP contribution in [0.1, 0.15) is 52.9 Å². The minimum Gasteiger partial charge on any atom is -0.393 e. The topological polar surface area (TPSA) is 23.5 Å². The molecule has 2 nitrogen and oxygen atoms in total. The van der Waals surface area contributed by atoms with E-state index in [2.05, 4.69) is 25.7 Å². The van der Waals surface area contributed by atoms with Crippen LogP contribution in [0.5, 0.6) is 0 Å². The normalized spacial score (nSPS) is 43.0. The SMILES string of the molecule is CCC1CCCN(CC2C(C)CC(C)CC2O)C1. The first-order chi connectivity index (χ1) is 8.60. The Labute approximate surface area is 113 Å². The highest BCUT2D eigenvalue weighted by Crippen LogP contribution is 2.35. The third-order valence-corrected chi connectivity index (χ3v) is 5.29. The van der Waals surface area contributed by atoms with Crippen LogP contribution in [0.25, 0.3) is 0 Å². The second kappa shape index (κ2) is 6.38. The Kier molecular flexibility index (Phi) is 5.08. The van der Waals surface area contributed by atoms with Crippen molar-refractivity contribution in [3.8, 4) is 0 Å². The van der Waals surface area contributed by atoms with E-state index in [1.54, 1.807) is 0 Å². The Balaban J connectivity index is 1.87. The number of likely N-dealkylation sites (tertiary alicyclic amines) is 1. The maximum absolute atomic E-state index is 10.3. The van der Waals surface area contributed by atoms with Gasteiger partial charge in [-0.25, -0.2) is 0 Å². The molecule has 0 radical (unpaired) electrons. The largest absolute Gasteiger partial charge is 0.393 e. The Morgan fingerprint density at radius 3 is 2.67 bits per heavy atom. The fourth-order valence-electron chi connectivity index (χ4n) is 4.12. The lowest BCUT2D eigenvalue weighted by molar-refractivity contribution is -0.00847. The van der Waals surface area contributed by atoms with E-state index in [9.17, 15) is 5.11 Å². The molecule has 2 fully saturated rings. The van der Waals surface area contributed by atoms with Crippen LogP contribution in [0.15, 0.2) is 0 Å². The van der Waals surface area contributed by atoms with Crippen molar-refractivity contribution in [2.24, 2.45) is 23.7 Å². The van der Waals surface area contributed by atoms with Gasteiger partial charge in [-0.05, 0) is 50.0 Å². The van der Waals surface area contributed by atoms with E-state index in [0.29, 0.717) is 17.8 Å². The number of aliphatic hydroxyl groups excluding tert-OH is 1. The molecular formula is C16H31NO. The molecule has 5 atom stereocenters. The molecule has 2 heteroatoms. The Morgan fingerprint density at radius 2 is 2.00 bits per heavy atom. The predicted octanol–water partition coefficient (Wildman–Crippen LogP) is 3.15. The van der Waals surface area contributed by atoms with Crippen LogP contribution in [0.2, 0.25) is 0 Å². The van der Waals surface area contributed by atoms with Gasteiger partial charge < -0.3 is 10.0 Å². The first-order valence-corrected chi connectivity index (χ1v) is 8.00. The summed E-state index contributed by atoms with van der Waals surface area (Å²) in [5, 5.41) is 10.3. The standard InChI is InChI=1S/C16H31NO/c1-4-14-6-5-7-17(10-14)11-15-13(3)8-12(2)9-16(15)18/h12-16,18H,4-11H2,1-3H3. The monoisotopic (exact) mass is 253 g/mol. The molecule has 1 saturated carbocycles. The van der Waals surface area contributed by atoms with Crippen molar-refractivity contribution in [2.75, 3.05) is 19.6 Å². The number of aliphatic hydroxyl groups is 1. The lowest BCUT2D eigenvalue weighted by Crippen LogP contribution is -2.45. The van der Waals surface area contributed by atoms with Gasteiger partial charge in [0.15, 0.2) is 0 Å². The second-order valence-electron chi connectivity index (χ2n) is 6.96. The van der Waals surface area contributed by atoms with Crippen molar-refractivity contribution >= 4 is 0 Å². The molecule has 0 aromatic carbocycles. The lowest BCUT2D eigenvalue weighted by Gasteiger charge is -2.41. The number of hydrogen-bond donors (Lipinski definition) is 1. The quantitative estimate of drug-likeness (QED) is 0.835. The molecule has 18 heavy (non-hydrogen) atoms. The third-order valence-electron chi connectivity index (χ3n) is 5.29. The third kappa shape index (κ3) is 3.48. The Hall–Kier alpha value is -0.0800. The molecular weight excluding hydrogens is 222 g/mol. The first kappa shape index (κ1) is 14.3. The summed E-state index contributed by atoms with van der Waals surface area (Å²) >= 11 is 0. The van der Waals surface area contributed by atoms with Gasteiger partial charge >= 0.3 is 0 Å². The maximum Gasteiger partial charge on any atom is 0.0585 e. The van der Waals surface area contributed by atoms with E-state index >= 15 is 0 Å². The maximum atomic E-state index is 10.3. The molecule has 1 aliphatic carbocycles.